The van der Waals surface area contributed by atoms with Gasteiger partial charge in [-0.3, -0.25) is 0 Å². The minimum Gasteiger partial charge on any atom is -0.399 e. The molecule has 0 saturated carbocycles. The lowest BCUT2D eigenvalue weighted by Crippen LogP contribution is -1.88. The highest BCUT2D eigenvalue weighted by atomic mass is 16.5. The minimum atomic E-state index is 0.391. The first-order valence-corrected chi connectivity index (χ1v) is 4.17. The lowest BCUT2D eigenvalue weighted by molar-refractivity contribution is 0.434. The predicted octanol–water partition coefficient (Wildman–Crippen LogP) is 1.36. The Morgan fingerprint density at radius 2 is 2.29 bits per heavy atom. The highest BCUT2D eigenvalue weighted by Gasteiger charge is 2.06. The van der Waals surface area contributed by atoms with Crippen LogP contribution in [-0.4, -0.2) is 17.2 Å². The van der Waals surface area contributed by atoms with E-state index in [0.717, 1.165) is 5.56 Å². The number of nitrogens with one attached hydrogen (secondary N) is 1. The Labute approximate surface area is 80.9 Å². The molecule has 14 heavy (non-hydrogen) atoms. The van der Waals surface area contributed by atoms with E-state index in [-0.39, 0.29) is 0 Å². The average molecular weight is 190 g/mol. The minimum absolute atomic E-state index is 0.391. The number of nitrogens with zero attached hydrogens (tertiary/aromatic N) is 2. The van der Waals surface area contributed by atoms with Crippen molar-refractivity contribution in [1.29, 1.82) is 0 Å². The highest BCUT2D eigenvalue weighted by Crippen LogP contribution is 2.19. The molecule has 0 radical (unpaired) electrons. The van der Waals surface area contributed by atoms with Crippen LogP contribution in [-0.2, 0) is 0 Å². The van der Waals surface area contributed by atoms with Gasteiger partial charge < -0.3 is 15.6 Å². The SMILES string of the molecule is CNc1nc(-c2cccc(N)c2)no1. The number of hydrogen-bond donors (Lipinski definition) is 2. The van der Waals surface area contributed by atoms with Crippen LogP contribution < -0.4 is 11.1 Å². The first kappa shape index (κ1) is 8.55. The van der Waals surface area contributed by atoms with Crippen molar-refractivity contribution in [2.45, 2.75) is 0 Å². The number of nitrogen functional groups attached to an aromatic ring is 1. The number of hydrogen-bond acceptors (Lipinski definition) is 5. The Hall–Kier alpha value is -2.04. The fraction of sp³-hybridized carbons (Fsp3) is 0.111. The van der Waals surface area contributed by atoms with Crippen LogP contribution >= 0.6 is 0 Å². The van der Waals surface area contributed by atoms with Crippen LogP contribution in [0.5, 0.6) is 0 Å². The summed E-state index contributed by atoms with van der Waals surface area (Å²) in [5, 5.41) is 6.55. The monoisotopic (exact) mass is 190 g/mol. The maximum atomic E-state index is 5.63. The number of rotatable bonds is 2. The zero-order valence-corrected chi connectivity index (χ0v) is 7.69. The summed E-state index contributed by atoms with van der Waals surface area (Å²) in [6, 6.07) is 7.72. The van der Waals surface area contributed by atoms with E-state index >= 15 is 0 Å². The lowest BCUT2D eigenvalue weighted by atomic mass is 10.2. The van der Waals surface area contributed by atoms with Gasteiger partial charge in [0.05, 0.1) is 0 Å². The van der Waals surface area contributed by atoms with Crippen molar-refractivity contribution in [3.8, 4) is 11.4 Å². The largest absolute Gasteiger partial charge is 0.399 e. The molecule has 0 fully saturated rings. The van der Waals surface area contributed by atoms with Crippen molar-refractivity contribution in [3.63, 3.8) is 0 Å². The normalized spacial score (nSPS) is 10.1. The van der Waals surface area contributed by atoms with E-state index in [1.807, 2.05) is 18.2 Å². The molecule has 2 aromatic rings. The van der Waals surface area contributed by atoms with E-state index in [1.165, 1.54) is 0 Å². The predicted molar refractivity (Wildman–Crippen MR) is 53.7 cm³/mol. The van der Waals surface area contributed by atoms with Crippen LogP contribution in [0.1, 0.15) is 0 Å². The Balaban J connectivity index is 2.39. The van der Waals surface area contributed by atoms with Crippen molar-refractivity contribution < 1.29 is 4.52 Å². The molecule has 1 aromatic carbocycles. The molecule has 0 spiro atoms. The maximum absolute atomic E-state index is 5.63. The van der Waals surface area contributed by atoms with Crippen LogP contribution in [0.4, 0.5) is 11.7 Å². The molecule has 0 aliphatic heterocycles. The van der Waals surface area contributed by atoms with Crippen LogP contribution in [0, 0.1) is 0 Å². The molecule has 72 valence electrons. The van der Waals surface area contributed by atoms with Gasteiger partial charge in [-0.25, -0.2) is 0 Å². The smallest absolute Gasteiger partial charge is 0.321 e. The van der Waals surface area contributed by atoms with Gasteiger partial charge >= 0.3 is 6.01 Å². The van der Waals surface area contributed by atoms with Gasteiger partial charge in [-0.15, -0.1) is 0 Å². The fourth-order valence-corrected chi connectivity index (χ4v) is 1.12. The first-order valence-electron chi connectivity index (χ1n) is 4.17. The van der Waals surface area contributed by atoms with E-state index in [1.54, 1.807) is 13.1 Å². The van der Waals surface area contributed by atoms with Crippen LogP contribution in [0.3, 0.4) is 0 Å². The second-order valence-electron chi connectivity index (χ2n) is 2.80. The molecule has 2 rings (SSSR count). The van der Waals surface area contributed by atoms with Crippen molar-refractivity contribution in [1.82, 2.24) is 10.1 Å². The summed E-state index contributed by atoms with van der Waals surface area (Å²) in [6.07, 6.45) is 0. The molecule has 1 aromatic heterocycles. The average Bonchev–Trinajstić information content (AvgIpc) is 2.66. The third kappa shape index (κ3) is 1.52. The molecule has 0 saturated heterocycles. The molecule has 0 bridgehead atoms. The van der Waals surface area contributed by atoms with Gasteiger partial charge in [0.15, 0.2) is 0 Å². The quantitative estimate of drug-likeness (QED) is 0.699. The number of nitrogens with two attached hydrogens (primary N) is 1. The second kappa shape index (κ2) is 3.37. The zero-order chi connectivity index (χ0) is 9.97. The number of aromatic nitrogens is 2. The molecule has 0 aliphatic rings. The summed E-state index contributed by atoms with van der Waals surface area (Å²) in [5.74, 6) is 0.529. The second-order valence-corrected chi connectivity index (χ2v) is 2.80. The molecule has 3 N–H and O–H groups in total. The first-order chi connectivity index (χ1) is 6.79. The molecule has 5 heteroatoms. The molecular weight excluding hydrogens is 180 g/mol. The Morgan fingerprint density at radius 3 is 2.93 bits per heavy atom. The van der Waals surface area contributed by atoms with Gasteiger partial charge in [0.2, 0.25) is 5.82 Å². The van der Waals surface area contributed by atoms with E-state index in [4.69, 9.17) is 10.3 Å². The van der Waals surface area contributed by atoms with Crippen LogP contribution in [0.25, 0.3) is 11.4 Å². The van der Waals surface area contributed by atoms with Gasteiger partial charge in [-0.05, 0) is 12.1 Å². The number of anilines is 2. The summed E-state index contributed by atoms with van der Waals surface area (Å²) in [4.78, 5) is 4.10. The molecule has 0 amide bonds. The van der Waals surface area contributed by atoms with Crippen molar-refractivity contribution in [2.24, 2.45) is 0 Å². The molecule has 1 heterocycles. The molecule has 0 atom stereocenters. The summed E-state index contributed by atoms with van der Waals surface area (Å²) in [7, 11) is 1.72. The third-order valence-corrected chi connectivity index (χ3v) is 1.78. The Morgan fingerprint density at radius 1 is 1.43 bits per heavy atom. The summed E-state index contributed by atoms with van der Waals surface area (Å²) < 4.78 is 4.90. The molecule has 5 nitrogen and oxygen atoms in total. The van der Waals surface area contributed by atoms with Gasteiger partial charge in [0.1, 0.15) is 0 Å². The van der Waals surface area contributed by atoms with Gasteiger partial charge in [0, 0.05) is 18.3 Å². The Kier molecular flexibility index (Phi) is 2.06. The summed E-state index contributed by atoms with van der Waals surface area (Å²) >= 11 is 0. The standard InChI is InChI=1S/C9H10N4O/c1-11-9-12-8(13-14-9)6-3-2-4-7(10)5-6/h2-5H,10H2,1H3,(H,11,12,13). The van der Waals surface area contributed by atoms with Crippen LogP contribution in [0.2, 0.25) is 0 Å². The van der Waals surface area contributed by atoms with E-state index in [2.05, 4.69) is 15.5 Å². The third-order valence-electron chi connectivity index (χ3n) is 1.78. The topological polar surface area (TPSA) is 77.0 Å². The fourth-order valence-electron chi connectivity index (χ4n) is 1.12. The summed E-state index contributed by atoms with van der Waals surface area (Å²) in [5.41, 5.74) is 7.16. The van der Waals surface area contributed by atoms with Crippen molar-refractivity contribution in [2.75, 3.05) is 18.1 Å². The molecule has 0 aliphatic carbocycles. The molecular formula is C9H10N4O. The highest BCUT2D eigenvalue weighted by molar-refractivity contribution is 5.61. The van der Waals surface area contributed by atoms with Gasteiger partial charge in [-0.1, -0.05) is 17.3 Å². The van der Waals surface area contributed by atoms with Gasteiger partial charge in [0.25, 0.3) is 0 Å². The van der Waals surface area contributed by atoms with E-state index in [9.17, 15) is 0 Å². The molecule has 0 unspecified atom stereocenters. The number of benzene rings is 1. The van der Waals surface area contributed by atoms with Crippen LogP contribution in [0.15, 0.2) is 28.8 Å². The summed E-state index contributed by atoms with van der Waals surface area (Å²) in [6.45, 7) is 0. The maximum Gasteiger partial charge on any atom is 0.321 e. The van der Waals surface area contributed by atoms with E-state index < -0.39 is 0 Å². The lowest BCUT2D eigenvalue weighted by Gasteiger charge is -1.94. The van der Waals surface area contributed by atoms with Crippen molar-refractivity contribution in [3.05, 3.63) is 24.3 Å². The van der Waals surface area contributed by atoms with E-state index in [0.29, 0.717) is 17.5 Å². The Bertz CT molecular complexity index is 438. The zero-order valence-electron chi connectivity index (χ0n) is 7.69. The van der Waals surface area contributed by atoms with Crippen molar-refractivity contribution >= 4 is 11.7 Å². The van der Waals surface area contributed by atoms with Gasteiger partial charge in [-0.2, -0.15) is 4.98 Å².